The highest BCUT2D eigenvalue weighted by Gasteiger charge is 2.36. The van der Waals surface area contributed by atoms with E-state index in [0.717, 1.165) is 12.8 Å². The Morgan fingerprint density at radius 2 is 1.93 bits per heavy atom. The summed E-state index contributed by atoms with van der Waals surface area (Å²) in [6.07, 6.45) is 6.18. The highest BCUT2D eigenvalue weighted by Crippen LogP contribution is 2.31. The quantitative estimate of drug-likeness (QED) is 0.628. The van der Waals surface area contributed by atoms with Crippen molar-refractivity contribution < 1.29 is 19.1 Å². The van der Waals surface area contributed by atoms with Gasteiger partial charge < -0.3 is 14.8 Å². The minimum Gasteiger partial charge on any atom is -0.491 e. The SMILES string of the molecule is COC(=O)C(C)(COc1ccccc1)NCC(=O)Nc1ccnn1C1CCCC1. The zero-order valence-corrected chi connectivity index (χ0v) is 16.9. The second kappa shape index (κ2) is 9.56. The van der Waals surface area contributed by atoms with Crippen molar-refractivity contribution in [1.82, 2.24) is 15.1 Å². The Morgan fingerprint density at radius 3 is 2.62 bits per heavy atom. The molecule has 1 aliphatic rings. The number of para-hydroxylation sites is 1. The average molecular weight is 400 g/mol. The van der Waals surface area contributed by atoms with E-state index in [1.54, 1.807) is 31.3 Å². The maximum atomic E-state index is 12.5. The lowest BCUT2D eigenvalue weighted by atomic mass is 10.0. The van der Waals surface area contributed by atoms with Crippen molar-refractivity contribution in [2.24, 2.45) is 0 Å². The first-order valence-corrected chi connectivity index (χ1v) is 9.86. The van der Waals surface area contributed by atoms with Gasteiger partial charge in [-0.25, -0.2) is 9.48 Å². The van der Waals surface area contributed by atoms with E-state index in [1.807, 2.05) is 22.9 Å². The number of rotatable bonds is 9. The molecule has 1 unspecified atom stereocenters. The summed E-state index contributed by atoms with van der Waals surface area (Å²) < 4.78 is 12.5. The van der Waals surface area contributed by atoms with Gasteiger partial charge in [0.1, 0.15) is 23.7 Å². The molecule has 29 heavy (non-hydrogen) atoms. The van der Waals surface area contributed by atoms with Crippen LogP contribution in [0.4, 0.5) is 5.82 Å². The summed E-state index contributed by atoms with van der Waals surface area (Å²) in [4.78, 5) is 24.8. The predicted octanol–water partition coefficient (Wildman–Crippen LogP) is 2.54. The van der Waals surface area contributed by atoms with Crippen LogP contribution in [0.1, 0.15) is 38.6 Å². The van der Waals surface area contributed by atoms with Gasteiger partial charge in [-0.3, -0.25) is 10.1 Å². The summed E-state index contributed by atoms with van der Waals surface area (Å²) in [5.74, 6) is 0.537. The Labute approximate surface area is 170 Å². The number of carbonyl (C=O) groups excluding carboxylic acids is 2. The number of ether oxygens (including phenoxy) is 2. The van der Waals surface area contributed by atoms with Crippen molar-refractivity contribution in [3.63, 3.8) is 0 Å². The minimum atomic E-state index is -1.17. The molecule has 0 bridgehead atoms. The van der Waals surface area contributed by atoms with Gasteiger partial charge in [0.15, 0.2) is 0 Å². The smallest absolute Gasteiger partial charge is 0.329 e. The normalized spacial score (nSPS) is 16.2. The third kappa shape index (κ3) is 5.35. The first kappa shape index (κ1) is 20.9. The molecule has 1 saturated carbocycles. The zero-order chi connectivity index (χ0) is 20.7. The van der Waals surface area contributed by atoms with Crippen molar-refractivity contribution in [2.45, 2.75) is 44.2 Å². The predicted molar refractivity (Wildman–Crippen MR) is 109 cm³/mol. The summed E-state index contributed by atoms with van der Waals surface area (Å²) >= 11 is 0. The molecule has 0 spiro atoms. The van der Waals surface area contributed by atoms with E-state index < -0.39 is 11.5 Å². The summed E-state index contributed by atoms with van der Waals surface area (Å²) in [7, 11) is 1.31. The lowest BCUT2D eigenvalue weighted by Gasteiger charge is -2.27. The van der Waals surface area contributed by atoms with Crippen molar-refractivity contribution >= 4 is 17.7 Å². The molecule has 1 heterocycles. The summed E-state index contributed by atoms with van der Waals surface area (Å²) in [5, 5.41) is 10.2. The lowest BCUT2D eigenvalue weighted by molar-refractivity contribution is -0.149. The second-order valence-corrected chi connectivity index (χ2v) is 7.43. The molecule has 0 aliphatic heterocycles. The zero-order valence-electron chi connectivity index (χ0n) is 16.9. The molecule has 2 N–H and O–H groups in total. The standard InChI is InChI=1S/C21H28N4O4/c1-21(20(27)28-2,15-29-17-10-4-3-5-11-17)22-14-19(26)24-18-12-13-23-25(18)16-8-6-7-9-16/h3-5,10-13,16,22H,6-9,14-15H2,1-2H3,(H,24,26). The number of anilines is 1. The molecule has 1 amide bonds. The number of methoxy groups -OCH3 is 1. The first-order chi connectivity index (χ1) is 14.0. The Balaban J connectivity index is 1.58. The molecular weight excluding hydrogens is 372 g/mol. The molecule has 0 radical (unpaired) electrons. The van der Waals surface area contributed by atoms with E-state index in [0.29, 0.717) is 17.6 Å². The molecule has 1 aliphatic carbocycles. The Morgan fingerprint density at radius 1 is 1.21 bits per heavy atom. The molecule has 1 aromatic heterocycles. The van der Waals surface area contributed by atoms with E-state index in [9.17, 15) is 9.59 Å². The highest BCUT2D eigenvalue weighted by molar-refractivity contribution is 5.92. The number of esters is 1. The number of carbonyl (C=O) groups is 2. The van der Waals surface area contributed by atoms with Crippen molar-refractivity contribution in [3.05, 3.63) is 42.6 Å². The van der Waals surface area contributed by atoms with E-state index in [-0.39, 0.29) is 19.1 Å². The molecule has 0 saturated heterocycles. The number of hydrogen-bond donors (Lipinski definition) is 2. The minimum absolute atomic E-state index is 0.0248. The monoisotopic (exact) mass is 400 g/mol. The number of benzene rings is 1. The van der Waals surface area contributed by atoms with Gasteiger partial charge in [0.05, 0.1) is 25.9 Å². The highest BCUT2D eigenvalue weighted by atomic mass is 16.5. The van der Waals surface area contributed by atoms with E-state index in [4.69, 9.17) is 9.47 Å². The van der Waals surface area contributed by atoms with Crippen molar-refractivity contribution in [1.29, 1.82) is 0 Å². The molecule has 1 aromatic carbocycles. The average Bonchev–Trinajstić information content (AvgIpc) is 3.42. The number of hydrogen-bond acceptors (Lipinski definition) is 6. The van der Waals surface area contributed by atoms with E-state index in [1.165, 1.54) is 20.0 Å². The summed E-state index contributed by atoms with van der Waals surface area (Å²) in [6.45, 7) is 1.61. The molecular formula is C21H28N4O4. The van der Waals surface area contributed by atoms with Crippen LogP contribution in [0.15, 0.2) is 42.6 Å². The first-order valence-electron chi connectivity index (χ1n) is 9.86. The third-order valence-electron chi connectivity index (χ3n) is 5.15. The molecule has 1 atom stereocenters. The topological polar surface area (TPSA) is 94.5 Å². The maximum Gasteiger partial charge on any atom is 0.329 e. The number of nitrogens with one attached hydrogen (secondary N) is 2. The van der Waals surface area contributed by atoms with Gasteiger partial charge in [-0.1, -0.05) is 31.0 Å². The molecule has 2 aromatic rings. The second-order valence-electron chi connectivity index (χ2n) is 7.43. The van der Waals surface area contributed by atoms with Crippen LogP contribution in [0.2, 0.25) is 0 Å². The fourth-order valence-electron chi connectivity index (χ4n) is 3.47. The number of nitrogens with zero attached hydrogens (tertiary/aromatic N) is 2. The summed E-state index contributed by atoms with van der Waals surface area (Å²) in [6, 6.07) is 11.3. The third-order valence-corrected chi connectivity index (χ3v) is 5.15. The Hall–Kier alpha value is -2.87. The number of amides is 1. The maximum absolute atomic E-state index is 12.5. The van der Waals surface area contributed by atoms with Gasteiger partial charge in [-0.05, 0) is 31.9 Å². The van der Waals surface area contributed by atoms with E-state index in [2.05, 4.69) is 15.7 Å². The molecule has 1 fully saturated rings. The van der Waals surface area contributed by atoms with Gasteiger partial charge in [-0.15, -0.1) is 0 Å². The fraction of sp³-hybridized carbons (Fsp3) is 0.476. The fourth-order valence-corrected chi connectivity index (χ4v) is 3.47. The van der Waals surface area contributed by atoms with Crippen LogP contribution in [0.3, 0.4) is 0 Å². The van der Waals surface area contributed by atoms with Crippen molar-refractivity contribution in [3.8, 4) is 5.75 Å². The van der Waals surface area contributed by atoms with Gasteiger partial charge in [-0.2, -0.15) is 5.10 Å². The van der Waals surface area contributed by atoms with Gasteiger partial charge >= 0.3 is 5.97 Å². The van der Waals surface area contributed by atoms with Crippen LogP contribution in [-0.4, -0.2) is 47.5 Å². The summed E-state index contributed by atoms with van der Waals surface area (Å²) in [5.41, 5.74) is -1.17. The lowest BCUT2D eigenvalue weighted by Crippen LogP contribution is -2.56. The van der Waals surface area contributed by atoms with Crippen LogP contribution >= 0.6 is 0 Å². The molecule has 8 nitrogen and oxygen atoms in total. The van der Waals surface area contributed by atoms with Crippen LogP contribution in [0, 0.1) is 0 Å². The van der Waals surface area contributed by atoms with Crippen LogP contribution < -0.4 is 15.4 Å². The van der Waals surface area contributed by atoms with Gasteiger partial charge in [0.25, 0.3) is 0 Å². The van der Waals surface area contributed by atoms with Gasteiger partial charge in [0.2, 0.25) is 5.91 Å². The number of aromatic nitrogens is 2. The van der Waals surface area contributed by atoms with Crippen LogP contribution in [0.25, 0.3) is 0 Å². The van der Waals surface area contributed by atoms with Gasteiger partial charge in [0, 0.05) is 6.07 Å². The Bertz CT molecular complexity index is 817. The molecule has 3 rings (SSSR count). The van der Waals surface area contributed by atoms with Crippen LogP contribution in [-0.2, 0) is 14.3 Å². The molecule has 156 valence electrons. The van der Waals surface area contributed by atoms with E-state index >= 15 is 0 Å². The van der Waals surface area contributed by atoms with Crippen molar-refractivity contribution in [2.75, 3.05) is 25.6 Å². The Kier molecular flexibility index (Phi) is 6.87. The van der Waals surface area contributed by atoms with Crippen LogP contribution in [0.5, 0.6) is 5.75 Å². The molecule has 8 heteroatoms. The largest absolute Gasteiger partial charge is 0.491 e.